The molecule has 6 aromatic heterocycles. The van der Waals surface area contributed by atoms with Gasteiger partial charge in [0.15, 0.2) is 0 Å². The molecule has 178 valence electrons. The molecule has 0 saturated carbocycles. The van der Waals surface area contributed by atoms with Crippen molar-refractivity contribution < 1.29 is 14.4 Å². The van der Waals surface area contributed by atoms with Gasteiger partial charge in [-0.1, -0.05) is 6.07 Å². The van der Waals surface area contributed by atoms with Crippen LogP contribution < -0.4 is 4.62 Å². The van der Waals surface area contributed by atoms with Gasteiger partial charge in [0.2, 0.25) is 0 Å². The van der Waals surface area contributed by atoms with Crippen molar-refractivity contribution in [3.05, 3.63) is 91.3 Å². The van der Waals surface area contributed by atoms with Crippen molar-refractivity contribution in [1.29, 1.82) is 0 Å². The van der Waals surface area contributed by atoms with Crippen LogP contribution in [0.4, 0.5) is 0 Å². The van der Waals surface area contributed by atoms with Crippen molar-refractivity contribution in [2.24, 2.45) is 0 Å². The zero-order chi connectivity index (χ0) is 24.7. The van der Waals surface area contributed by atoms with Gasteiger partial charge >= 0.3 is 7.60 Å². The molecule has 0 fully saturated rings. The molecule has 0 radical (unpaired) electrons. The van der Waals surface area contributed by atoms with E-state index in [1.54, 1.807) is 46.3 Å². The van der Waals surface area contributed by atoms with Crippen LogP contribution in [0.2, 0.25) is 0 Å². The molecule has 0 amide bonds. The SMILES string of the molecule is O=P(O)(O)c1ccc(-c2ccc(-c3ccc(-c4ccc(-c5ccc(-c6ccccn6)nc5)s4)s3)s2)s1. The maximum Gasteiger partial charge on any atom is 0.366 e. The van der Waals surface area contributed by atoms with Gasteiger partial charge in [0.05, 0.1) is 11.4 Å². The molecular weight excluding hydrogens is 548 g/mol. The summed E-state index contributed by atoms with van der Waals surface area (Å²) in [6.45, 7) is 0. The Kier molecular flexibility index (Phi) is 6.31. The molecule has 6 aromatic rings. The zero-order valence-corrected chi connectivity index (χ0v) is 22.6. The molecule has 6 rings (SSSR count). The van der Waals surface area contributed by atoms with E-state index in [0.717, 1.165) is 47.8 Å². The Labute approximate surface area is 223 Å². The van der Waals surface area contributed by atoms with Crippen LogP contribution >= 0.6 is 52.9 Å². The van der Waals surface area contributed by atoms with E-state index in [4.69, 9.17) is 0 Å². The number of hydrogen-bond donors (Lipinski definition) is 2. The number of pyridine rings is 2. The first-order valence-electron chi connectivity index (χ1n) is 10.8. The molecule has 36 heavy (non-hydrogen) atoms. The Morgan fingerprint density at radius 2 is 1.08 bits per heavy atom. The quantitative estimate of drug-likeness (QED) is 0.201. The van der Waals surface area contributed by atoms with E-state index in [2.05, 4.69) is 46.4 Å². The third-order valence-electron chi connectivity index (χ3n) is 5.40. The lowest BCUT2D eigenvalue weighted by Gasteiger charge is -2.01. The lowest BCUT2D eigenvalue weighted by molar-refractivity contribution is 0.388. The summed E-state index contributed by atoms with van der Waals surface area (Å²) in [6.07, 6.45) is 3.67. The van der Waals surface area contributed by atoms with E-state index in [0.29, 0.717) is 0 Å². The molecule has 0 saturated heterocycles. The Morgan fingerprint density at radius 1 is 0.556 bits per heavy atom. The first kappa shape index (κ1) is 23.6. The van der Waals surface area contributed by atoms with Crippen LogP contribution in [0, 0.1) is 0 Å². The molecule has 2 N–H and O–H groups in total. The van der Waals surface area contributed by atoms with Crippen LogP contribution in [0.15, 0.2) is 91.3 Å². The van der Waals surface area contributed by atoms with E-state index in [-0.39, 0.29) is 4.62 Å². The van der Waals surface area contributed by atoms with Crippen molar-refractivity contribution in [2.75, 3.05) is 0 Å². The molecule has 0 aliphatic rings. The predicted molar refractivity (Wildman–Crippen MR) is 152 cm³/mol. The van der Waals surface area contributed by atoms with Gasteiger partial charge in [0.1, 0.15) is 4.62 Å². The second kappa shape index (κ2) is 9.61. The Balaban J connectivity index is 1.21. The van der Waals surface area contributed by atoms with Gasteiger partial charge in [0, 0.05) is 52.1 Å². The average molecular weight is 565 g/mol. The lowest BCUT2D eigenvalue weighted by atomic mass is 10.2. The Hall–Kier alpha value is -2.75. The molecule has 6 heterocycles. The standard InChI is InChI=1S/C26H17N2O3PS4/c29-32(30,31)26-13-12-25(36-26)24-11-10-23(35-24)22-9-8-21(34-22)20-7-6-19(33-20)16-4-5-18(28-15-16)17-3-1-2-14-27-17/h1-15H,(H2,29,30,31). The summed E-state index contributed by atoms with van der Waals surface area (Å²) in [4.78, 5) is 35.5. The molecule has 0 aliphatic heterocycles. The van der Waals surface area contributed by atoms with Gasteiger partial charge in [-0.2, -0.15) is 0 Å². The van der Waals surface area contributed by atoms with Crippen molar-refractivity contribution in [3.63, 3.8) is 0 Å². The molecular formula is C26H17N2O3PS4. The second-order valence-electron chi connectivity index (χ2n) is 7.82. The summed E-state index contributed by atoms with van der Waals surface area (Å²) < 4.78 is 11.6. The molecule has 0 aromatic carbocycles. The third-order valence-corrected chi connectivity index (χ3v) is 11.9. The maximum atomic E-state index is 11.5. The molecule has 0 atom stereocenters. The smallest absolute Gasteiger partial charge is 0.320 e. The van der Waals surface area contributed by atoms with E-state index < -0.39 is 7.60 Å². The summed E-state index contributed by atoms with van der Waals surface area (Å²) in [5.74, 6) is 0. The van der Waals surface area contributed by atoms with Gasteiger partial charge in [-0.3, -0.25) is 14.5 Å². The summed E-state index contributed by atoms with van der Waals surface area (Å²) in [7, 11) is -4.22. The Morgan fingerprint density at radius 3 is 1.58 bits per heavy atom. The van der Waals surface area contributed by atoms with Crippen LogP contribution in [-0.2, 0) is 4.57 Å². The molecule has 5 nitrogen and oxygen atoms in total. The highest BCUT2D eigenvalue weighted by molar-refractivity contribution is 7.67. The summed E-state index contributed by atoms with van der Waals surface area (Å²) in [5.41, 5.74) is 2.80. The summed E-state index contributed by atoms with van der Waals surface area (Å²) in [6, 6.07) is 25.8. The number of nitrogens with zero attached hydrogens (tertiary/aromatic N) is 2. The first-order valence-corrected chi connectivity index (χ1v) is 15.7. The van der Waals surface area contributed by atoms with E-state index >= 15 is 0 Å². The molecule has 0 aliphatic carbocycles. The largest absolute Gasteiger partial charge is 0.366 e. The lowest BCUT2D eigenvalue weighted by Crippen LogP contribution is -1.94. The molecule has 0 spiro atoms. The fraction of sp³-hybridized carbons (Fsp3) is 0. The average Bonchev–Trinajstić information content (AvgIpc) is 3.69. The van der Waals surface area contributed by atoms with Crippen molar-refractivity contribution >= 4 is 57.6 Å². The van der Waals surface area contributed by atoms with E-state index in [9.17, 15) is 14.4 Å². The van der Waals surface area contributed by atoms with E-state index in [1.165, 1.54) is 20.7 Å². The molecule has 0 unspecified atom stereocenters. The molecule has 0 bridgehead atoms. The predicted octanol–water partition coefficient (Wildman–Crippen LogP) is 7.86. The van der Waals surface area contributed by atoms with Crippen molar-refractivity contribution in [2.45, 2.75) is 0 Å². The molecule has 10 heteroatoms. The normalized spacial score (nSPS) is 11.7. The van der Waals surface area contributed by atoms with Crippen LogP contribution in [0.5, 0.6) is 0 Å². The summed E-state index contributed by atoms with van der Waals surface area (Å²) in [5, 5.41) is 0. The minimum absolute atomic E-state index is 0.0981. The number of aromatic nitrogens is 2. The summed E-state index contributed by atoms with van der Waals surface area (Å²) >= 11 is 6.26. The number of rotatable bonds is 6. The maximum absolute atomic E-state index is 11.5. The van der Waals surface area contributed by atoms with Gasteiger partial charge in [-0.05, 0) is 72.8 Å². The zero-order valence-electron chi connectivity index (χ0n) is 18.4. The van der Waals surface area contributed by atoms with Gasteiger partial charge in [-0.25, -0.2) is 0 Å². The van der Waals surface area contributed by atoms with Gasteiger partial charge < -0.3 is 9.79 Å². The van der Waals surface area contributed by atoms with Crippen molar-refractivity contribution in [1.82, 2.24) is 9.97 Å². The Bertz CT molecular complexity index is 1690. The second-order valence-corrected chi connectivity index (χ2v) is 14.0. The van der Waals surface area contributed by atoms with Crippen LogP contribution in [0.25, 0.3) is 51.1 Å². The highest BCUT2D eigenvalue weighted by Gasteiger charge is 2.20. The minimum atomic E-state index is -4.22. The highest BCUT2D eigenvalue weighted by atomic mass is 32.1. The van der Waals surface area contributed by atoms with Crippen LogP contribution in [-0.4, -0.2) is 19.8 Å². The number of thiophene rings is 4. The number of hydrogen-bond acceptors (Lipinski definition) is 7. The first-order chi connectivity index (χ1) is 17.4. The minimum Gasteiger partial charge on any atom is -0.320 e. The van der Waals surface area contributed by atoms with Crippen LogP contribution in [0.1, 0.15) is 0 Å². The highest BCUT2D eigenvalue weighted by Crippen LogP contribution is 2.45. The third kappa shape index (κ3) is 4.79. The van der Waals surface area contributed by atoms with Gasteiger partial charge in [0.25, 0.3) is 0 Å². The fourth-order valence-electron chi connectivity index (χ4n) is 3.65. The fourth-order valence-corrected chi connectivity index (χ4v) is 8.72. The van der Waals surface area contributed by atoms with Crippen LogP contribution in [0.3, 0.4) is 0 Å². The monoisotopic (exact) mass is 564 g/mol. The van der Waals surface area contributed by atoms with Crippen molar-refractivity contribution in [3.8, 4) is 51.1 Å². The van der Waals surface area contributed by atoms with Gasteiger partial charge in [-0.15, -0.1) is 45.3 Å². The topological polar surface area (TPSA) is 83.3 Å². The van der Waals surface area contributed by atoms with E-state index in [1.807, 2.05) is 36.5 Å².